The lowest BCUT2D eigenvalue weighted by atomic mass is 10.2. The molecule has 0 radical (unpaired) electrons. The molecule has 0 saturated heterocycles. The van der Waals surface area contributed by atoms with Gasteiger partial charge in [0, 0.05) is 5.56 Å². The predicted molar refractivity (Wildman–Crippen MR) is 47.2 cm³/mol. The first-order valence-electron chi connectivity index (χ1n) is 4.46. The molecule has 0 unspecified atom stereocenters. The first-order chi connectivity index (χ1) is 7.47. The van der Waals surface area contributed by atoms with Crippen LogP contribution in [0.2, 0.25) is 0 Å². The van der Waals surface area contributed by atoms with E-state index in [-0.39, 0.29) is 13.2 Å². The molecule has 2 N–H and O–H groups in total. The van der Waals surface area contributed by atoms with Crippen molar-refractivity contribution in [2.45, 2.75) is 25.5 Å². The summed E-state index contributed by atoms with van der Waals surface area (Å²) in [5, 5.41) is 0. The lowest BCUT2D eigenvalue weighted by Gasteiger charge is -2.14. The van der Waals surface area contributed by atoms with Crippen molar-refractivity contribution in [1.29, 1.82) is 0 Å². The summed E-state index contributed by atoms with van der Waals surface area (Å²) in [5.41, 5.74) is 5.76. The zero-order chi connectivity index (χ0) is 12.2. The first-order valence-corrected chi connectivity index (χ1v) is 4.46. The monoisotopic (exact) mass is 241 g/mol. The van der Waals surface area contributed by atoms with Crippen molar-refractivity contribution in [2.75, 3.05) is 6.61 Å². The van der Waals surface area contributed by atoms with E-state index in [0.717, 1.165) is 0 Å². The van der Waals surface area contributed by atoms with Gasteiger partial charge in [-0.15, -0.1) is 0 Å². The molecular formula is C9H11F4NO2. The van der Waals surface area contributed by atoms with Gasteiger partial charge in [-0.2, -0.15) is 8.78 Å². The highest BCUT2D eigenvalue weighted by Gasteiger charge is 2.40. The standard InChI is InChI=1S/C9H11F4NO2/c10-8(11)9(12,13)5-15-4-6-1-2-16-7(6)3-14/h1-2,8H,3-5,14H2. The predicted octanol–water partition coefficient (Wildman–Crippen LogP) is 2.16. The van der Waals surface area contributed by atoms with Crippen molar-refractivity contribution >= 4 is 0 Å². The van der Waals surface area contributed by atoms with Gasteiger partial charge in [0.15, 0.2) is 0 Å². The minimum atomic E-state index is -4.13. The van der Waals surface area contributed by atoms with Crippen molar-refractivity contribution in [3.63, 3.8) is 0 Å². The van der Waals surface area contributed by atoms with E-state index in [1.165, 1.54) is 12.3 Å². The van der Waals surface area contributed by atoms with Crippen molar-refractivity contribution < 1.29 is 26.7 Å². The van der Waals surface area contributed by atoms with Crippen LogP contribution in [0.4, 0.5) is 17.6 Å². The fraction of sp³-hybridized carbons (Fsp3) is 0.556. The van der Waals surface area contributed by atoms with Crippen molar-refractivity contribution in [2.24, 2.45) is 5.73 Å². The third-order valence-electron chi connectivity index (χ3n) is 1.89. The number of hydrogen-bond acceptors (Lipinski definition) is 3. The lowest BCUT2D eigenvalue weighted by molar-refractivity contribution is -0.168. The zero-order valence-corrected chi connectivity index (χ0v) is 8.26. The van der Waals surface area contributed by atoms with E-state index in [2.05, 4.69) is 4.74 Å². The summed E-state index contributed by atoms with van der Waals surface area (Å²) in [6.07, 6.45) is -2.41. The molecule has 1 aromatic heterocycles. The lowest BCUT2D eigenvalue weighted by Crippen LogP contribution is -2.32. The fourth-order valence-electron chi connectivity index (χ4n) is 1.03. The zero-order valence-electron chi connectivity index (χ0n) is 8.26. The van der Waals surface area contributed by atoms with Crippen LogP contribution in [0.1, 0.15) is 11.3 Å². The average Bonchev–Trinajstić information content (AvgIpc) is 2.64. The molecule has 1 heterocycles. The average molecular weight is 241 g/mol. The van der Waals surface area contributed by atoms with Crippen LogP contribution in [0, 0.1) is 0 Å². The molecule has 0 aliphatic carbocycles. The number of ether oxygens (including phenoxy) is 1. The van der Waals surface area contributed by atoms with E-state index in [4.69, 9.17) is 10.2 Å². The van der Waals surface area contributed by atoms with Crippen LogP contribution in [-0.2, 0) is 17.9 Å². The third-order valence-corrected chi connectivity index (χ3v) is 1.89. The van der Waals surface area contributed by atoms with E-state index >= 15 is 0 Å². The van der Waals surface area contributed by atoms with Crippen molar-refractivity contribution in [3.8, 4) is 0 Å². The SMILES string of the molecule is NCc1occc1COCC(F)(F)C(F)F. The third kappa shape index (κ3) is 3.21. The number of furan rings is 1. The topological polar surface area (TPSA) is 48.4 Å². The van der Waals surface area contributed by atoms with Gasteiger partial charge in [0.05, 0.1) is 19.4 Å². The Morgan fingerprint density at radius 1 is 1.44 bits per heavy atom. The number of nitrogens with two attached hydrogens (primary N) is 1. The number of hydrogen-bond donors (Lipinski definition) is 1. The number of alkyl halides is 4. The van der Waals surface area contributed by atoms with Crippen LogP contribution >= 0.6 is 0 Å². The quantitative estimate of drug-likeness (QED) is 0.776. The molecule has 0 aliphatic heterocycles. The summed E-state index contributed by atoms with van der Waals surface area (Å²) in [6, 6.07) is 1.49. The van der Waals surface area contributed by atoms with Crippen molar-refractivity contribution in [1.82, 2.24) is 0 Å². The van der Waals surface area contributed by atoms with Crippen LogP contribution in [0.3, 0.4) is 0 Å². The van der Waals surface area contributed by atoms with Gasteiger partial charge in [-0.05, 0) is 6.07 Å². The highest BCUT2D eigenvalue weighted by Crippen LogP contribution is 2.23. The van der Waals surface area contributed by atoms with Gasteiger partial charge in [0.1, 0.15) is 12.4 Å². The Balaban J connectivity index is 2.41. The molecule has 1 rings (SSSR count). The summed E-state index contributed by atoms with van der Waals surface area (Å²) in [5.74, 6) is -3.74. The second-order valence-corrected chi connectivity index (χ2v) is 3.13. The van der Waals surface area contributed by atoms with Crippen molar-refractivity contribution in [3.05, 3.63) is 23.7 Å². The van der Waals surface area contributed by atoms with Crippen LogP contribution in [-0.4, -0.2) is 19.0 Å². The van der Waals surface area contributed by atoms with E-state index in [1.54, 1.807) is 0 Å². The maximum atomic E-state index is 12.4. The summed E-state index contributed by atoms with van der Waals surface area (Å²) in [6.45, 7) is -1.47. The van der Waals surface area contributed by atoms with E-state index < -0.39 is 19.0 Å². The Labute approximate surface area is 89.2 Å². The van der Waals surface area contributed by atoms with Gasteiger partial charge in [-0.25, -0.2) is 8.78 Å². The molecule has 0 amide bonds. The first kappa shape index (κ1) is 13.0. The molecule has 0 aliphatic rings. The molecule has 0 bridgehead atoms. The molecule has 0 spiro atoms. The Hall–Kier alpha value is -1.08. The second kappa shape index (κ2) is 5.31. The molecule has 0 saturated carbocycles. The normalized spacial score (nSPS) is 12.4. The van der Waals surface area contributed by atoms with Gasteiger partial charge in [-0.3, -0.25) is 0 Å². The fourth-order valence-corrected chi connectivity index (χ4v) is 1.03. The summed E-state index contributed by atoms with van der Waals surface area (Å²) in [4.78, 5) is 0. The molecule has 3 nitrogen and oxygen atoms in total. The van der Waals surface area contributed by atoms with Gasteiger partial charge < -0.3 is 14.9 Å². The summed E-state index contributed by atoms with van der Waals surface area (Å²) in [7, 11) is 0. The molecule has 92 valence electrons. The van der Waals surface area contributed by atoms with Gasteiger partial charge in [0.25, 0.3) is 0 Å². The van der Waals surface area contributed by atoms with E-state index in [9.17, 15) is 17.6 Å². The van der Waals surface area contributed by atoms with Gasteiger partial charge in [0.2, 0.25) is 0 Å². The highest BCUT2D eigenvalue weighted by atomic mass is 19.3. The van der Waals surface area contributed by atoms with Gasteiger partial charge in [-0.1, -0.05) is 0 Å². The number of halogens is 4. The second-order valence-electron chi connectivity index (χ2n) is 3.13. The molecule has 0 atom stereocenters. The molecule has 0 fully saturated rings. The maximum Gasteiger partial charge on any atom is 0.330 e. The van der Waals surface area contributed by atoms with Crippen LogP contribution in [0.15, 0.2) is 16.7 Å². The van der Waals surface area contributed by atoms with E-state index in [0.29, 0.717) is 11.3 Å². The van der Waals surface area contributed by atoms with E-state index in [1.807, 2.05) is 0 Å². The summed E-state index contributed by atoms with van der Waals surface area (Å²) >= 11 is 0. The Morgan fingerprint density at radius 3 is 2.69 bits per heavy atom. The molecular weight excluding hydrogens is 230 g/mol. The largest absolute Gasteiger partial charge is 0.468 e. The maximum absolute atomic E-state index is 12.4. The Kier molecular flexibility index (Phi) is 4.31. The molecule has 1 aromatic rings. The smallest absolute Gasteiger partial charge is 0.330 e. The van der Waals surface area contributed by atoms with Crippen LogP contribution in [0.25, 0.3) is 0 Å². The Morgan fingerprint density at radius 2 is 2.12 bits per heavy atom. The molecule has 0 aromatic carbocycles. The highest BCUT2D eigenvalue weighted by molar-refractivity contribution is 5.15. The molecule has 7 heteroatoms. The minimum absolute atomic E-state index is 0.0942. The number of rotatable bonds is 6. The Bertz CT molecular complexity index is 327. The minimum Gasteiger partial charge on any atom is -0.468 e. The van der Waals surface area contributed by atoms with Crippen LogP contribution < -0.4 is 5.73 Å². The van der Waals surface area contributed by atoms with Gasteiger partial charge >= 0.3 is 12.3 Å². The van der Waals surface area contributed by atoms with Crippen LogP contribution in [0.5, 0.6) is 0 Å². The summed E-state index contributed by atoms with van der Waals surface area (Å²) < 4.78 is 57.8. The molecule has 16 heavy (non-hydrogen) atoms.